The van der Waals surface area contributed by atoms with Crippen LogP contribution >= 0.6 is 0 Å². The number of nitrogens with one attached hydrogen (secondary N) is 1. The molecule has 0 aliphatic carbocycles. The summed E-state index contributed by atoms with van der Waals surface area (Å²) in [5.41, 5.74) is 0.937. The zero-order valence-corrected chi connectivity index (χ0v) is 8.03. The predicted molar refractivity (Wildman–Crippen MR) is 53.1 cm³/mol. The van der Waals surface area contributed by atoms with Crippen LogP contribution in [0.2, 0.25) is 0 Å². The van der Waals surface area contributed by atoms with Crippen LogP contribution in [0.1, 0.15) is 19.8 Å². The van der Waals surface area contributed by atoms with Crippen molar-refractivity contribution in [2.45, 2.75) is 26.3 Å². The fourth-order valence-corrected chi connectivity index (χ4v) is 1.35. The van der Waals surface area contributed by atoms with Crippen molar-refractivity contribution in [1.29, 1.82) is 0 Å². The zero-order valence-electron chi connectivity index (χ0n) is 8.03. The van der Waals surface area contributed by atoms with E-state index in [1.165, 1.54) is 6.33 Å². The van der Waals surface area contributed by atoms with E-state index in [1.54, 1.807) is 10.9 Å². The van der Waals surface area contributed by atoms with Crippen LogP contribution < -0.4 is 5.56 Å². The second-order valence-electron chi connectivity index (χ2n) is 3.20. The Morgan fingerprint density at radius 2 is 2.36 bits per heavy atom. The van der Waals surface area contributed by atoms with Gasteiger partial charge in [0.05, 0.1) is 6.33 Å². The molecule has 0 saturated heterocycles. The summed E-state index contributed by atoms with van der Waals surface area (Å²) in [7, 11) is 0. The Bertz CT molecular complexity index is 485. The molecular weight excluding hydrogens is 180 g/mol. The minimum Gasteiger partial charge on any atom is -0.339 e. The molecule has 2 rings (SSSR count). The highest BCUT2D eigenvalue weighted by molar-refractivity contribution is 5.67. The molecule has 0 amide bonds. The Morgan fingerprint density at radius 1 is 1.50 bits per heavy atom. The van der Waals surface area contributed by atoms with E-state index in [-0.39, 0.29) is 5.56 Å². The molecule has 1 N–H and O–H groups in total. The summed E-state index contributed by atoms with van der Waals surface area (Å²) in [4.78, 5) is 22.5. The van der Waals surface area contributed by atoms with Gasteiger partial charge in [0.25, 0.3) is 5.56 Å². The lowest BCUT2D eigenvalue weighted by atomic mass is 10.3. The minimum atomic E-state index is -0.0408. The Kier molecular flexibility index (Phi) is 2.30. The van der Waals surface area contributed by atoms with Crippen LogP contribution in [-0.2, 0) is 6.54 Å². The van der Waals surface area contributed by atoms with Crippen LogP contribution in [0.15, 0.2) is 17.4 Å². The normalized spacial score (nSPS) is 10.9. The van der Waals surface area contributed by atoms with Gasteiger partial charge in [-0.05, 0) is 6.42 Å². The number of hydrogen-bond donors (Lipinski definition) is 1. The van der Waals surface area contributed by atoms with E-state index < -0.39 is 0 Å². The second kappa shape index (κ2) is 3.61. The molecule has 5 heteroatoms. The van der Waals surface area contributed by atoms with Crippen LogP contribution in [0.5, 0.6) is 0 Å². The molecule has 0 aliphatic rings. The summed E-state index contributed by atoms with van der Waals surface area (Å²) in [6.45, 7) is 2.81. The minimum absolute atomic E-state index is 0.0408. The topological polar surface area (TPSA) is 63.6 Å². The first-order chi connectivity index (χ1) is 6.83. The van der Waals surface area contributed by atoms with Crippen LogP contribution in [0, 0.1) is 0 Å². The summed E-state index contributed by atoms with van der Waals surface area (Å²) in [6, 6.07) is 0. The van der Waals surface area contributed by atoms with Gasteiger partial charge in [-0.1, -0.05) is 13.3 Å². The number of fused-ring (bicyclic) bond motifs is 1. The summed E-state index contributed by atoms with van der Waals surface area (Å²) >= 11 is 0. The number of unbranched alkanes of at least 4 members (excludes halogenated alkanes) is 1. The Hall–Kier alpha value is -1.65. The number of H-pyrrole nitrogens is 1. The van der Waals surface area contributed by atoms with Crippen molar-refractivity contribution in [3.63, 3.8) is 0 Å². The quantitative estimate of drug-likeness (QED) is 0.786. The molecule has 74 valence electrons. The van der Waals surface area contributed by atoms with Crippen LogP contribution in [0.4, 0.5) is 0 Å². The zero-order chi connectivity index (χ0) is 9.97. The van der Waals surface area contributed by atoms with Crippen LogP contribution in [-0.4, -0.2) is 19.5 Å². The number of aromatic amines is 1. The van der Waals surface area contributed by atoms with Crippen molar-refractivity contribution in [2.24, 2.45) is 0 Å². The maximum atomic E-state index is 11.7. The van der Waals surface area contributed by atoms with E-state index in [9.17, 15) is 4.79 Å². The summed E-state index contributed by atoms with van der Waals surface area (Å²) in [5.74, 6) is 0. The molecule has 0 atom stereocenters. The molecule has 2 aromatic rings. The highest BCUT2D eigenvalue weighted by Crippen LogP contribution is 1.98. The average molecular weight is 192 g/mol. The van der Waals surface area contributed by atoms with Crippen molar-refractivity contribution in [2.75, 3.05) is 0 Å². The van der Waals surface area contributed by atoms with E-state index in [4.69, 9.17) is 0 Å². The smallest absolute Gasteiger partial charge is 0.279 e. The molecule has 0 fully saturated rings. The van der Waals surface area contributed by atoms with E-state index in [0.717, 1.165) is 19.4 Å². The maximum absolute atomic E-state index is 11.7. The third-order valence-corrected chi connectivity index (χ3v) is 2.17. The molecule has 2 aromatic heterocycles. The summed E-state index contributed by atoms with van der Waals surface area (Å²) < 4.78 is 1.62. The summed E-state index contributed by atoms with van der Waals surface area (Å²) in [6.07, 6.45) is 5.10. The fraction of sp³-hybridized carbons (Fsp3) is 0.444. The molecular formula is C9H12N4O. The molecule has 5 nitrogen and oxygen atoms in total. The molecule has 2 heterocycles. The molecule has 0 radical (unpaired) electrons. The Balaban J connectivity index is 2.46. The number of rotatable bonds is 3. The third-order valence-electron chi connectivity index (χ3n) is 2.17. The second-order valence-corrected chi connectivity index (χ2v) is 3.20. The monoisotopic (exact) mass is 192 g/mol. The van der Waals surface area contributed by atoms with Crippen LogP contribution in [0.3, 0.4) is 0 Å². The molecule has 0 unspecified atom stereocenters. The molecule has 0 saturated carbocycles. The number of aryl methyl sites for hydroxylation is 1. The van der Waals surface area contributed by atoms with Gasteiger partial charge in [0.1, 0.15) is 6.33 Å². The van der Waals surface area contributed by atoms with Gasteiger partial charge >= 0.3 is 0 Å². The number of hydrogen-bond acceptors (Lipinski definition) is 3. The predicted octanol–water partition coefficient (Wildman–Crippen LogP) is 0.920. The van der Waals surface area contributed by atoms with Gasteiger partial charge in [0, 0.05) is 6.54 Å². The summed E-state index contributed by atoms with van der Waals surface area (Å²) in [5, 5.41) is 0. The van der Waals surface area contributed by atoms with E-state index in [0.29, 0.717) is 11.2 Å². The lowest BCUT2D eigenvalue weighted by molar-refractivity contribution is 0.607. The first-order valence-corrected chi connectivity index (χ1v) is 4.71. The van der Waals surface area contributed by atoms with Crippen LogP contribution in [0.25, 0.3) is 11.2 Å². The van der Waals surface area contributed by atoms with Gasteiger partial charge in [-0.15, -0.1) is 0 Å². The lowest BCUT2D eigenvalue weighted by Crippen LogP contribution is -2.20. The molecule has 0 aromatic carbocycles. The van der Waals surface area contributed by atoms with Gasteiger partial charge in [-0.2, -0.15) is 0 Å². The van der Waals surface area contributed by atoms with Gasteiger partial charge in [0.2, 0.25) is 0 Å². The van der Waals surface area contributed by atoms with Crippen molar-refractivity contribution >= 4 is 11.2 Å². The first-order valence-electron chi connectivity index (χ1n) is 4.71. The van der Waals surface area contributed by atoms with Gasteiger partial charge in [0.15, 0.2) is 11.2 Å². The van der Waals surface area contributed by atoms with Gasteiger partial charge in [-0.25, -0.2) is 9.97 Å². The van der Waals surface area contributed by atoms with Crippen molar-refractivity contribution in [3.8, 4) is 0 Å². The SMILES string of the molecule is CCCCn1cnc2nc[nH]c2c1=O. The Labute approximate surface area is 80.8 Å². The molecule has 0 aliphatic heterocycles. The van der Waals surface area contributed by atoms with E-state index in [1.807, 2.05) is 0 Å². The fourth-order valence-electron chi connectivity index (χ4n) is 1.35. The first kappa shape index (κ1) is 8.93. The number of nitrogens with zero attached hydrogens (tertiary/aromatic N) is 3. The molecule has 14 heavy (non-hydrogen) atoms. The highest BCUT2D eigenvalue weighted by Gasteiger charge is 2.04. The lowest BCUT2D eigenvalue weighted by Gasteiger charge is -2.02. The number of aromatic nitrogens is 4. The van der Waals surface area contributed by atoms with E-state index in [2.05, 4.69) is 21.9 Å². The van der Waals surface area contributed by atoms with Crippen molar-refractivity contribution in [1.82, 2.24) is 19.5 Å². The number of imidazole rings is 1. The van der Waals surface area contributed by atoms with Crippen molar-refractivity contribution < 1.29 is 0 Å². The van der Waals surface area contributed by atoms with Crippen molar-refractivity contribution in [3.05, 3.63) is 23.0 Å². The largest absolute Gasteiger partial charge is 0.339 e. The average Bonchev–Trinajstić information content (AvgIpc) is 2.66. The molecule has 0 bridgehead atoms. The van der Waals surface area contributed by atoms with Gasteiger partial charge < -0.3 is 4.98 Å². The maximum Gasteiger partial charge on any atom is 0.279 e. The highest BCUT2D eigenvalue weighted by atomic mass is 16.1. The molecule has 0 spiro atoms. The standard InChI is InChI=1S/C9H12N4O/c1-2-3-4-13-6-12-8-7(9(13)14)10-5-11-8/h5-6H,2-4H2,1H3,(H,10,11). The van der Waals surface area contributed by atoms with Gasteiger partial charge in [-0.3, -0.25) is 9.36 Å². The third kappa shape index (κ3) is 1.41. The van der Waals surface area contributed by atoms with E-state index >= 15 is 0 Å². The Morgan fingerprint density at radius 3 is 3.14 bits per heavy atom.